The van der Waals surface area contributed by atoms with Crippen LogP contribution in [0.3, 0.4) is 0 Å². The molecule has 90 valence electrons. The molecule has 0 amide bonds. The number of halogens is 2. The Kier molecular flexibility index (Phi) is 4.57. The van der Waals surface area contributed by atoms with Crippen molar-refractivity contribution in [3.63, 3.8) is 0 Å². The summed E-state index contributed by atoms with van der Waals surface area (Å²) in [5.74, 6) is 0.665. The third-order valence-corrected chi connectivity index (χ3v) is 3.15. The van der Waals surface area contributed by atoms with Crippen molar-refractivity contribution >= 4 is 27.5 Å². The lowest BCUT2D eigenvalue weighted by molar-refractivity contribution is 0.649. The van der Waals surface area contributed by atoms with Gasteiger partial charge in [-0.05, 0) is 30.5 Å². The van der Waals surface area contributed by atoms with Crippen molar-refractivity contribution in [1.82, 2.24) is 15.0 Å². The lowest BCUT2D eigenvalue weighted by Gasteiger charge is -2.00. The molecule has 5 heteroatoms. The van der Waals surface area contributed by atoms with E-state index in [1.165, 1.54) is 5.56 Å². The van der Waals surface area contributed by atoms with Gasteiger partial charge in [-0.25, -0.2) is 4.68 Å². The number of rotatable bonds is 5. The van der Waals surface area contributed by atoms with E-state index in [0.717, 1.165) is 29.6 Å². The van der Waals surface area contributed by atoms with E-state index in [4.69, 9.17) is 11.6 Å². The van der Waals surface area contributed by atoms with Crippen LogP contribution in [-0.4, -0.2) is 20.9 Å². The molecule has 1 aromatic carbocycles. The fourth-order valence-electron chi connectivity index (χ4n) is 1.60. The van der Waals surface area contributed by atoms with E-state index in [1.54, 1.807) is 0 Å². The summed E-state index contributed by atoms with van der Waals surface area (Å²) in [6, 6.07) is 8.19. The van der Waals surface area contributed by atoms with Crippen LogP contribution in [0.5, 0.6) is 0 Å². The summed E-state index contributed by atoms with van der Waals surface area (Å²) < 4.78 is 2.93. The highest BCUT2D eigenvalue weighted by Crippen LogP contribution is 2.12. The SMILES string of the molecule is ClCCCc1cn(Cc2cccc(Br)c2)nn1. The zero-order valence-electron chi connectivity index (χ0n) is 9.31. The Morgan fingerprint density at radius 2 is 2.24 bits per heavy atom. The van der Waals surface area contributed by atoms with Gasteiger partial charge in [0.25, 0.3) is 0 Å². The quantitative estimate of drug-likeness (QED) is 0.793. The molecule has 0 radical (unpaired) electrons. The molecule has 17 heavy (non-hydrogen) atoms. The number of hydrogen-bond donors (Lipinski definition) is 0. The van der Waals surface area contributed by atoms with Crippen LogP contribution in [0.4, 0.5) is 0 Å². The first-order chi connectivity index (χ1) is 8.28. The van der Waals surface area contributed by atoms with E-state index >= 15 is 0 Å². The Morgan fingerprint density at radius 3 is 3.00 bits per heavy atom. The summed E-state index contributed by atoms with van der Waals surface area (Å²) in [4.78, 5) is 0. The molecule has 0 aliphatic heterocycles. The van der Waals surface area contributed by atoms with Crippen molar-refractivity contribution in [2.24, 2.45) is 0 Å². The molecule has 2 aromatic rings. The molecular formula is C12H13BrClN3. The van der Waals surface area contributed by atoms with Gasteiger partial charge in [0, 0.05) is 16.5 Å². The Balaban J connectivity index is 2.01. The van der Waals surface area contributed by atoms with E-state index in [-0.39, 0.29) is 0 Å². The second-order valence-electron chi connectivity index (χ2n) is 3.83. The van der Waals surface area contributed by atoms with Crippen LogP contribution in [0.1, 0.15) is 17.7 Å². The van der Waals surface area contributed by atoms with Gasteiger partial charge in [-0.3, -0.25) is 0 Å². The molecule has 3 nitrogen and oxygen atoms in total. The van der Waals surface area contributed by atoms with E-state index in [1.807, 2.05) is 23.0 Å². The van der Waals surface area contributed by atoms with Gasteiger partial charge in [-0.2, -0.15) is 0 Å². The van der Waals surface area contributed by atoms with E-state index in [0.29, 0.717) is 5.88 Å². The highest BCUT2D eigenvalue weighted by atomic mass is 79.9. The van der Waals surface area contributed by atoms with Crippen molar-refractivity contribution in [1.29, 1.82) is 0 Å². The van der Waals surface area contributed by atoms with Gasteiger partial charge in [0.15, 0.2) is 0 Å². The Hall–Kier alpha value is -0.870. The number of aryl methyl sites for hydroxylation is 1. The van der Waals surface area contributed by atoms with E-state index < -0.39 is 0 Å². The number of alkyl halides is 1. The van der Waals surface area contributed by atoms with Crippen molar-refractivity contribution in [3.8, 4) is 0 Å². The molecule has 0 unspecified atom stereocenters. The summed E-state index contributed by atoms with van der Waals surface area (Å²) in [5, 5.41) is 8.22. The average molecular weight is 315 g/mol. The third kappa shape index (κ3) is 3.82. The molecule has 0 saturated heterocycles. The van der Waals surface area contributed by atoms with E-state index in [9.17, 15) is 0 Å². The number of benzene rings is 1. The fraction of sp³-hybridized carbons (Fsp3) is 0.333. The Labute approximate surface area is 114 Å². The minimum Gasteiger partial charge on any atom is -0.248 e. The Bertz CT molecular complexity index is 484. The number of aromatic nitrogens is 3. The minimum atomic E-state index is 0.665. The molecule has 0 saturated carbocycles. The molecule has 1 aromatic heterocycles. The van der Waals surface area contributed by atoms with E-state index in [2.05, 4.69) is 38.4 Å². The maximum absolute atomic E-state index is 5.65. The zero-order chi connectivity index (χ0) is 12.1. The second-order valence-corrected chi connectivity index (χ2v) is 5.12. The van der Waals surface area contributed by atoms with Crippen LogP contribution in [0.15, 0.2) is 34.9 Å². The van der Waals surface area contributed by atoms with Gasteiger partial charge in [0.05, 0.1) is 12.2 Å². The molecule has 0 atom stereocenters. The largest absolute Gasteiger partial charge is 0.248 e. The summed E-state index contributed by atoms with van der Waals surface area (Å²) in [6.07, 6.45) is 3.81. The van der Waals surface area contributed by atoms with Crippen molar-refractivity contribution in [2.75, 3.05) is 5.88 Å². The van der Waals surface area contributed by atoms with Crippen LogP contribution in [0.25, 0.3) is 0 Å². The first-order valence-corrected chi connectivity index (χ1v) is 6.80. The molecule has 2 rings (SSSR count). The van der Waals surface area contributed by atoms with Crippen LogP contribution >= 0.6 is 27.5 Å². The van der Waals surface area contributed by atoms with Gasteiger partial charge < -0.3 is 0 Å². The fourth-order valence-corrected chi connectivity index (χ4v) is 2.18. The summed E-state index contributed by atoms with van der Waals surface area (Å²) in [6.45, 7) is 0.743. The molecule has 0 aliphatic rings. The minimum absolute atomic E-state index is 0.665. The van der Waals surface area contributed by atoms with Crippen LogP contribution in [-0.2, 0) is 13.0 Å². The highest BCUT2D eigenvalue weighted by molar-refractivity contribution is 9.10. The average Bonchev–Trinajstić information content (AvgIpc) is 2.74. The standard InChI is InChI=1S/C12H13BrClN3/c13-11-4-1-3-10(7-11)8-17-9-12(15-16-17)5-2-6-14/h1,3-4,7,9H,2,5-6,8H2. The van der Waals surface area contributed by atoms with Crippen LogP contribution < -0.4 is 0 Å². The maximum atomic E-state index is 5.65. The summed E-state index contributed by atoms with van der Waals surface area (Å²) >= 11 is 9.10. The lowest BCUT2D eigenvalue weighted by atomic mass is 10.2. The molecule has 0 fully saturated rings. The molecule has 0 aliphatic carbocycles. The third-order valence-electron chi connectivity index (χ3n) is 2.39. The molecule has 0 N–H and O–H groups in total. The molecular weight excluding hydrogens is 302 g/mol. The maximum Gasteiger partial charge on any atom is 0.0827 e. The summed E-state index contributed by atoms with van der Waals surface area (Å²) in [5.41, 5.74) is 2.20. The second kappa shape index (κ2) is 6.17. The predicted octanol–water partition coefficient (Wildman–Crippen LogP) is 3.26. The smallest absolute Gasteiger partial charge is 0.0827 e. The first kappa shape index (κ1) is 12.6. The monoisotopic (exact) mass is 313 g/mol. The zero-order valence-corrected chi connectivity index (χ0v) is 11.7. The van der Waals surface area contributed by atoms with Crippen molar-refractivity contribution < 1.29 is 0 Å². The van der Waals surface area contributed by atoms with Crippen LogP contribution in [0, 0.1) is 0 Å². The Morgan fingerprint density at radius 1 is 1.35 bits per heavy atom. The first-order valence-electron chi connectivity index (χ1n) is 5.47. The predicted molar refractivity (Wildman–Crippen MR) is 72.3 cm³/mol. The topological polar surface area (TPSA) is 30.7 Å². The van der Waals surface area contributed by atoms with Gasteiger partial charge in [0.1, 0.15) is 0 Å². The normalized spacial score (nSPS) is 10.7. The lowest BCUT2D eigenvalue weighted by Crippen LogP contribution is -2.00. The van der Waals surface area contributed by atoms with Gasteiger partial charge >= 0.3 is 0 Å². The van der Waals surface area contributed by atoms with Crippen molar-refractivity contribution in [3.05, 3.63) is 46.2 Å². The molecule has 0 spiro atoms. The van der Waals surface area contributed by atoms with Crippen LogP contribution in [0.2, 0.25) is 0 Å². The van der Waals surface area contributed by atoms with Gasteiger partial charge in [-0.1, -0.05) is 33.3 Å². The summed E-state index contributed by atoms with van der Waals surface area (Å²) in [7, 11) is 0. The number of nitrogens with zero attached hydrogens (tertiary/aromatic N) is 3. The number of hydrogen-bond acceptors (Lipinski definition) is 2. The highest BCUT2D eigenvalue weighted by Gasteiger charge is 2.01. The van der Waals surface area contributed by atoms with Gasteiger partial charge in [0.2, 0.25) is 0 Å². The molecule has 1 heterocycles. The van der Waals surface area contributed by atoms with Gasteiger partial charge in [-0.15, -0.1) is 16.7 Å². The van der Waals surface area contributed by atoms with Crippen molar-refractivity contribution in [2.45, 2.75) is 19.4 Å². The molecule has 0 bridgehead atoms.